The van der Waals surface area contributed by atoms with Gasteiger partial charge < -0.3 is 4.74 Å². The zero-order valence-corrected chi connectivity index (χ0v) is 9.22. The Morgan fingerprint density at radius 2 is 2.00 bits per heavy atom. The van der Waals surface area contributed by atoms with Crippen LogP contribution in [-0.2, 0) is 0 Å². The van der Waals surface area contributed by atoms with Crippen LogP contribution in [0.2, 0.25) is 0 Å². The molecule has 0 unspecified atom stereocenters. The summed E-state index contributed by atoms with van der Waals surface area (Å²) in [6.45, 7) is -0.575. The van der Waals surface area contributed by atoms with Gasteiger partial charge in [-0.2, -0.15) is 18.4 Å². The second-order valence-electron chi connectivity index (χ2n) is 4.29. The molecule has 0 amide bonds. The van der Waals surface area contributed by atoms with Crippen LogP contribution in [0.4, 0.5) is 17.6 Å². The maximum Gasteiger partial charge on any atom is 0.397 e. The third-order valence-electron chi connectivity index (χ3n) is 3.05. The SMILES string of the molecule is N#Cc1c(F)cccc1OCC1(C(F)(F)F)CC1. The summed E-state index contributed by atoms with van der Waals surface area (Å²) >= 11 is 0. The molecule has 1 aliphatic carbocycles. The zero-order chi connectivity index (χ0) is 13.4. The van der Waals surface area contributed by atoms with Gasteiger partial charge in [-0.25, -0.2) is 4.39 Å². The van der Waals surface area contributed by atoms with Gasteiger partial charge in [0.05, 0.1) is 0 Å². The molecule has 1 aromatic rings. The first-order valence-electron chi connectivity index (χ1n) is 5.28. The largest absolute Gasteiger partial charge is 0.491 e. The van der Waals surface area contributed by atoms with Crippen LogP contribution in [0.3, 0.4) is 0 Å². The van der Waals surface area contributed by atoms with Gasteiger partial charge in [-0.05, 0) is 25.0 Å². The number of hydrogen-bond donors (Lipinski definition) is 0. The lowest BCUT2D eigenvalue weighted by Crippen LogP contribution is -2.30. The fourth-order valence-corrected chi connectivity index (χ4v) is 1.61. The van der Waals surface area contributed by atoms with E-state index >= 15 is 0 Å². The number of nitrogens with zero attached hydrogens (tertiary/aromatic N) is 1. The Morgan fingerprint density at radius 3 is 2.50 bits per heavy atom. The summed E-state index contributed by atoms with van der Waals surface area (Å²) in [5.74, 6) is -0.945. The minimum atomic E-state index is -4.33. The van der Waals surface area contributed by atoms with Gasteiger partial charge in [0.25, 0.3) is 0 Å². The third kappa shape index (κ3) is 2.13. The molecule has 1 aliphatic rings. The molecule has 6 heteroatoms. The number of alkyl halides is 3. The highest BCUT2D eigenvalue weighted by atomic mass is 19.4. The lowest BCUT2D eigenvalue weighted by Gasteiger charge is -2.19. The van der Waals surface area contributed by atoms with Crippen molar-refractivity contribution in [3.63, 3.8) is 0 Å². The smallest absolute Gasteiger partial charge is 0.397 e. The lowest BCUT2D eigenvalue weighted by molar-refractivity contribution is -0.194. The van der Waals surface area contributed by atoms with E-state index in [0.717, 1.165) is 6.07 Å². The summed E-state index contributed by atoms with van der Waals surface area (Å²) in [5.41, 5.74) is -2.19. The summed E-state index contributed by atoms with van der Waals surface area (Å²) in [4.78, 5) is 0. The zero-order valence-electron chi connectivity index (χ0n) is 9.22. The van der Waals surface area contributed by atoms with E-state index < -0.39 is 24.0 Å². The van der Waals surface area contributed by atoms with Crippen LogP contribution < -0.4 is 4.74 Å². The monoisotopic (exact) mass is 259 g/mol. The van der Waals surface area contributed by atoms with E-state index in [2.05, 4.69) is 0 Å². The summed E-state index contributed by atoms with van der Waals surface area (Å²) < 4.78 is 56.1. The molecular formula is C12H9F4NO. The molecule has 0 atom stereocenters. The van der Waals surface area contributed by atoms with Crippen LogP contribution in [0.1, 0.15) is 18.4 Å². The van der Waals surface area contributed by atoms with Gasteiger partial charge in [0.1, 0.15) is 35.2 Å². The van der Waals surface area contributed by atoms with Gasteiger partial charge in [-0.3, -0.25) is 0 Å². The van der Waals surface area contributed by atoms with Gasteiger partial charge in [-0.1, -0.05) is 6.07 Å². The Bertz CT molecular complexity index is 500. The Morgan fingerprint density at radius 1 is 1.33 bits per heavy atom. The normalized spacial score (nSPS) is 17.1. The lowest BCUT2D eigenvalue weighted by atomic mass is 10.1. The number of nitriles is 1. The van der Waals surface area contributed by atoms with E-state index in [1.807, 2.05) is 0 Å². The number of benzene rings is 1. The van der Waals surface area contributed by atoms with Crippen molar-refractivity contribution >= 4 is 0 Å². The van der Waals surface area contributed by atoms with Gasteiger partial charge in [0.15, 0.2) is 0 Å². The topological polar surface area (TPSA) is 33.0 Å². The highest BCUT2D eigenvalue weighted by molar-refractivity contribution is 5.43. The van der Waals surface area contributed by atoms with Crippen molar-refractivity contribution in [2.24, 2.45) is 5.41 Å². The van der Waals surface area contributed by atoms with E-state index in [0.29, 0.717) is 0 Å². The molecule has 0 bridgehead atoms. The number of ether oxygens (including phenoxy) is 1. The van der Waals surface area contributed by atoms with Crippen LogP contribution in [0.15, 0.2) is 18.2 Å². The molecular weight excluding hydrogens is 250 g/mol. The second kappa shape index (κ2) is 4.16. The highest BCUT2D eigenvalue weighted by Gasteiger charge is 2.63. The van der Waals surface area contributed by atoms with Crippen molar-refractivity contribution in [2.75, 3.05) is 6.61 Å². The minimum Gasteiger partial charge on any atom is -0.491 e. The third-order valence-corrected chi connectivity index (χ3v) is 3.05. The molecule has 0 N–H and O–H groups in total. The fourth-order valence-electron chi connectivity index (χ4n) is 1.61. The molecule has 0 radical (unpaired) electrons. The van der Waals surface area contributed by atoms with Gasteiger partial charge in [0.2, 0.25) is 0 Å². The molecule has 0 aromatic heterocycles. The van der Waals surface area contributed by atoms with Crippen molar-refractivity contribution in [1.29, 1.82) is 5.26 Å². The van der Waals surface area contributed by atoms with Crippen LogP contribution >= 0.6 is 0 Å². The molecule has 1 fully saturated rings. The summed E-state index contributed by atoms with van der Waals surface area (Å²) in [6, 6.07) is 5.21. The molecule has 1 saturated carbocycles. The Labute approximate surface area is 101 Å². The van der Waals surface area contributed by atoms with E-state index in [-0.39, 0.29) is 24.2 Å². The number of rotatable bonds is 3. The molecule has 2 nitrogen and oxygen atoms in total. The molecule has 96 valence electrons. The van der Waals surface area contributed by atoms with E-state index in [1.54, 1.807) is 6.07 Å². The quantitative estimate of drug-likeness (QED) is 0.779. The molecule has 18 heavy (non-hydrogen) atoms. The van der Waals surface area contributed by atoms with E-state index in [4.69, 9.17) is 10.00 Å². The molecule has 0 heterocycles. The van der Waals surface area contributed by atoms with Crippen molar-refractivity contribution in [3.05, 3.63) is 29.6 Å². The first-order chi connectivity index (χ1) is 8.39. The fraction of sp³-hybridized carbons (Fsp3) is 0.417. The molecule has 1 aromatic carbocycles. The Hall–Kier alpha value is -1.77. The van der Waals surface area contributed by atoms with Gasteiger partial charge in [0, 0.05) is 0 Å². The standard InChI is InChI=1S/C12H9F4NO/c13-9-2-1-3-10(8(9)6-17)18-7-11(4-5-11)12(14,15)16/h1-3H,4-5,7H2. The Kier molecular flexibility index (Phi) is 2.93. The average Bonchev–Trinajstić information content (AvgIpc) is 3.06. The predicted molar refractivity (Wildman–Crippen MR) is 54.3 cm³/mol. The van der Waals surface area contributed by atoms with E-state index in [9.17, 15) is 17.6 Å². The number of halogens is 4. The summed E-state index contributed by atoms with van der Waals surface area (Å²) in [5, 5.41) is 8.71. The second-order valence-corrected chi connectivity index (χ2v) is 4.29. The first-order valence-corrected chi connectivity index (χ1v) is 5.28. The van der Waals surface area contributed by atoms with Crippen LogP contribution in [0, 0.1) is 22.6 Å². The van der Waals surface area contributed by atoms with Crippen LogP contribution in [0.5, 0.6) is 5.75 Å². The first kappa shape index (κ1) is 12.7. The maximum atomic E-state index is 13.2. The van der Waals surface area contributed by atoms with Gasteiger partial charge >= 0.3 is 6.18 Å². The van der Waals surface area contributed by atoms with Crippen molar-refractivity contribution in [3.8, 4) is 11.8 Å². The molecule has 0 aliphatic heterocycles. The molecule has 2 rings (SSSR count). The predicted octanol–water partition coefficient (Wildman–Crippen LogP) is 3.42. The summed E-state index contributed by atoms with van der Waals surface area (Å²) in [7, 11) is 0. The van der Waals surface area contributed by atoms with Crippen LogP contribution in [-0.4, -0.2) is 12.8 Å². The minimum absolute atomic E-state index is 0.00764. The Balaban J connectivity index is 2.13. The molecule has 0 saturated heterocycles. The van der Waals surface area contributed by atoms with Crippen molar-refractivity contribution in [2.45, 2.75) is 19.0 Å². The maximum absolute atomic E-state index is 13.2. The van der Waals surface area contributed by atoms with Crippen molar-refractivity contribution in [1.82, 2.24) is 0 Å². The van der Waals surface area contributed by atoms with Gasteiger partial charge in [-0.15, -0.1) is 0 Å². The summed E-state index contributed by atoms with van der Waals surface area (Å²) in [6.07, 6.45) is -4.31. The van der Waals surface area contributed by atoms with Crippen molar-refractivity contribution < 1.29 is 22.3 Å². The van der Waals surface area contributed by atoms with E-state index in [1.165, 1.54) is 12.1 Å². The van der Waals surface area contributed by atoms with Crippen LogP contribution in [0.25, 0.3) is 0 Å². The average molecular weight is 259 g/mol. The molecule has 0 spiro atoms. The number of hydrogen-bond acceptors (Lipinski definition) is 2. The highest BCUT2D eigenvalue weighted by Crippen LogP contribution is 2.57.